The normalized spacial score (nSPS) is 12.1. The molecule has 2 aromatic carbocycles. The summed E-state index contributed by atoms with van der Waals surface area (Å²) in [6, 6.07) is 12.3. The van der Waals surface area contributed by atoms with Gasteiger partial charge in [-0.3, -0.25) is 0 Å². The Bertz CT molecular complexity index is 587. The number of methoxy groups -OCH3 is 1. The van der Waals surface area contributed by atoms with Gasteiger partial charge in [-0.1, -0.05) is 29.8 Å². The SMILES string of the molecule is COc1ccc(CNCC(O)c2ccc(Cl)cc2)cc1O. The lowest BCUT2D eigenvalue weighted by Gasteiger charge is -2.13. The van der Waals surface area contributed by atoms with E-state index in [1.807, 2.05) is 6.07 Å². The van der Waals surface area contributed by atoms with Crippen LogP contribution in [0.3, 0.4) is 0 Å². The highest BCUT2D eigenvalue weighted by Crippen LogP contribution is 2.26. The van der Waals surface area contributed by atoms with Crippen molar-refractivity contribution in [3.63, 3.8) is 0 Å². The molecule has 4 nitrogen and oxygen atoms in total. The van der Waals surface area contributed by atoms with Crippen molar-refractivity contribution in [3.8, 4) is 11.5 Å². The Hall–Kier alpha value is -1.75. The molecule has 0 bridgehead atoms. The van der Waals surface area contributed by atoms with Crippen LogP contribution >= 0.6 is 11.6 Å². The first-order chi connectivity index (χ1) is 10.1. The lowest BCUT2D eigenvalue weighted by Crippen LogP contribution is -2.21. The number of nitrogens with one attached hydrogen (secondary N) is 1. The summed E-state index contributed by atoms with van der Waals surface area (Å²) in [7, 11) is 1.51. The van der Waals surface area contributed by atoms with Gasteiger partial charge in [0.25, 0.3) is 0 Å². The maximum absolute atomic E-state index is 10.1. The van der Waals surface area contributed by atoms with Gasteiger partial charge in [0, 0.05) is 18.1 Å². The Morgan fingerprint density at radius 2 is 1.90 bits per heavy atom. The molecule has 1 unspecified atom stereocenters. The molecule has 0 spiro atoms. The van der Waals surface area contributed by atoms with E-state index in [1.54, 1.807) is 36.4 Å². The second kappa shape index (κ2) is 7.31. The van der Waals surface area contributed by atoms with Crippen molar-refractivity contribution < 1.29 is 14.9 Å². The van der Waals surface area contributed by atoms with Gasteiger partial charge in [-0.25, -0.2) is 0 Å². The van der Waals surface area contributed by atoms with Gasteiger partial charge in [0.15, 0.2) is 11.5 Å². The van der Waals surface area contributed by atoms with Gasteiger partial charge >= 0.3 is 0 Å². The molecule has 0 aliphatic carbocycles. The zero-order valence-electron chi connectivity index (χ0n) is 11.7. The second-order valence-corrected chi connectivity index (χ2v) is 5.14. The first-order valence-corrected chi connectivity index (χ1v) is 6.98. The van der Waals surface area contributed by atoms with Gasteiger partial charge in [0.2, 0.25) is 0 Å². The van der Waals surface area contributed by atoms with Crippen molar-refractivity contribution in [2.75, 3.05) is 13.7 Å². The molecule has 21 heavy (non-hydrogen) atoms. The van der Waals surface area contributed by atoms with E-state index in [0.717, 1.165) is 11.1 Å². The van der Waals surface area contributed by atoms with Crippen molar-refractivity contribution in [2.24, 2.45) is 0 Å². The maximum Gasteiger partial charge on any atom is 0.160 e. The van der Waals surface area contributed by atoms with Gasteiger partial charge in [-0.2, -0.15) is 0 Å². The molecule has 2 rings (SSSR count). The van der Waals surface area contributed by atoms with Crippen LogP contribution in [0.15, 0.2) is 42.5 Å². The first-order valence-electron chi connectivity index (χ1n) is 6.60. The number of ether oxygens (including phenoxy) is 1. The van der Waals surface area contributed by atoms with Gasteiger partial charge in [0.05, 0.1) is 13.2 Å². The van der Waals surface area contributed by atoms with E-state index >= 15 is 0 Å². The van der Waals surface area contributed by atoms with E-state index in [0.29, 0.717) is 23.9 Å². The van der Waals surface area contributed by atoms with Crippen molar-refractivity contribution in [3.05, 3.63) is 58.6 Å². The standard InChI is InChI=1S/C16H18ClNO3/c1-21-16-7-2-11(8-14(16)19)9-18-10-15(20)12-3-5-13(17)6-4-12/h2-8,15,18-20H,9-10H2,1H3. The predicted octanol–water partition coefficient (Wildman–Crippen LogP) is 2.88. The first kappa shape index (κ1) is 15.6. The average molecular weight is 308 g/mol. The number of hydrogen-bond donors (Lipinski definition) is 3. The third-order valence-electron chi connectivity index (χ3n) is 3.16. The molecule has 0 fully saturated rings. The number of halogens is 1. The fourth-order valence-corrected chi connectivity index (χ4v) is 2.13. The lowest BCUT2D eigenvalue weighted by molar-refractivity contribution is 0.174. The molecule has 0 aromatic heterocycles. The van der Waals surface area contributed by atoms with Crippen LogP contribution in [0.2, 0.25) is 5.02 Å². The molecule has 3 N–H and O–H groups in total. The van der Waals surface area contributed by atoms with Crippen molar-refractivity contribution in [1.29, 1.82) is 0 Å². The monoisotopic (exact) mass is 307 g/mol. The third kappa shape index (κ3) is 4.36. The number of benzene rings is 2. The van der Waals surface area contributed by atoms with Crippen molar-refractivity contribution >= 4 is 11.6 Å². The zero-order chi connectivity index (χ0) is 15.2. The minimum Gasteiger partial charge on any atom is -0.504 e. The van der Waals surface area contributed by atoms with Crippen LogP contribution in [0.4, 0.5) is 0 Å². The minimum atomic E-state index is -0.603. The Labute approximate surface area is 129 Å². The Kier molecular flexibility index (Phi) is 5.44. The smallest absolute Gasteiger partial charge is 0.160 e. The van der Waals surface area contributed by atoms with Gasteiger partial charge in [-0.15, -0.1) is 0 Å². The number of hydrogen-bond acceptors (Lipinski definition) is 4. The van der Waals surface area contributed by atoms with E-state index in [2.05, 4.69) is 5.32 Å². The predicted molar refractivity (Wildman–Crippen MR) is 82.8 cm³/mol. The number of phenolic OH excluding ortho intramolecular Hbond substituents is 1. The van der Waals surface area contributed by atoms with E-state index < -0.39 is 6.10 Å². The molecule has 0 radical (unpaired) electrons. The fourth-order valence-electron chi connectivity index (χ4n) is 2.00. The third-order valence-corrected chi connectivity index (χ3v) is 3.42. The van der Waals surface area contributed by atoms with Crippen molar-refractivity contribution in [1.82, 2.24) is 5.32 Å². The summed E-state index contributed by atoms with van der Waals surface area (Å²) in [5.74, 6) is 0.551. The quantitative estimate of drug-likeness (QED) is 0.768. The molecule has 1 atom stereocenters. The number of aromatic hydroxyl groups is 1. The molecule has 0 aliphatic heterocycles. The molecule has 0 aliphatic rings. The Morgan fingerprint density at radius 3 is 2.52 bits per heavy atom. The zero-order valence-corrected chi connectivity index (χ0v) is 12.5. The summed E-state index contributed by atoms with van der Waals surface area (Å²) in [6.45, 7) is 0.955. The van der Waals surface area contributed by atoms with Gasteiger partial charge in [-0.05, 0) is 35.4 Å². The van der Waals surface area contributed by atoms with Gasteiger partial charge in [0.1, 0.15) is 0 Å². The topological polar surface area (TPSA) is 61.7 Å². The number of aliphatic hydroxyl groups is 1. The Balaban J connectivity index is 1.86. The number of phenols is 1. The largest absolute Gasteiger partial charge is 0.504 e. The van der Waals surface area contributed by atoms with Crippen LogP contribution in [-0.4, -0.2) is 23.9 Å². The Morgan fingerprint density at radius 1 is 1.19 bits per heavy atom. The van der Waals surface area contributed by atoms with E-state index in [-0.39, 0.29) is 5.75 Å². The number of aliphatic hydroxyl groups excluding tert-OH is 1. The maximum atomic E-state index is 10.1. The highest BCUT2D eigenvalue weighted by Gasteiger charge is 2.07. The summed E-state index contributed by atoms with van der Waals surface area (Å²) < 4.78 is 4.99. The molecule has 0 saturated heterocycles. The van der Waals surface area contributed by atoms with Crippen LogP contribution in [0.25, 0.3) is 0 Å². The highest BCUT2D eigenvalue weighted by atomic mass is 35.5. The van der Waals surface area contributed by atoms with Gasteiger partial charge < -0.3 is 20.3 Å². The summed E-state index contributed by atoms with van der Waals surface area (Å²) >= 11 is 5.81. The molecule has 0 amide bonds. The molecular weight excluding hydrogens is 290 g/mol. The second-order valence-electron chi connectivity index (χ2n) is 4.70. The molecule has 112 valence electrons. The van der Waals surface area contributed by atoms with E-state index in [4.69, 9.17) is 16.3 Å². The fraction of sp³-hybridized carbons (Fsp3) is 0.250. The van der Waals surface area contributed by atoms with Crippen LogP contribution in [-0.2, 0) is 6.54 Å². The molecule has 0 saturated carbocycles. The minimum absolute atomic E-state index is 0.107. The summed E-state index contributed by atoms with van der Waals surface area (Å²) in [6.07, 6.45) is -0.603. The van der Waals surface area contributed by atoms with Crippen LogP contribution in [0, 0.1) is 0 Å². The highest BCUT2D eigenvalue weighted by molar-refractivity contribution is 6.30. The van der Waals surface area contributed by atoms with Crippen molar-refractivity contribution in [2.45, 2.75) is 12.6 Å². The average Bonchev–Trinajstić information content (AvgIpc) is 2.48. The summed E-state index contributed by atoms with van der Waals surface area (Å²) in [5.41, 5.74) is 1.72. The van der Waals surface area contributed by atoms with Crippen LogP contribution < -0.4 is 10.1 Å². The molecular formula is C16H18ClNO3. The molecule has 2 aromatic rings. The summed E-state index contributed by atoms with van der Waals surface area (Å²) in [5, 5.41) is 23.5. The molecule has 0 heterocycles. The van der Waals surface area contributed by atoms with E-state index in [1.165, 1.54) is 7.11 Å². The number of rotatable bonds is 6. The van der Waals surface area contributed by atoms with Crippen LogP contribution in [0.5, 0.6) is 11.5 Å². The van der Waals surface area contributed by atoms with Crippen LogP contribution in [0.1, 0.15) is 17.2 Å². The molecule has 5 heteroatoms. The lowest BCUT2D eigenvalue weighted by atomic mass is 10.1. The van der Waals surface area contributed by atoms with E-state index in [9.17, 15) is 10.2 Å². The summed E-state index contributed by atoms with van der Waals surface area (Å²) in [4.78, 5) is 0.